The molecule has 6 rings (SSSR count). The number of hydrazone groups is 2. The Kier molecular flexibility index (Phi) is 11.0. The molecular weight excluding hydrogens is 802 g/mol. The summed E-state index contributed by atoms with van der Waals surface area (Å²) in [6.45, 7) is 0. The molecule has 0 heterocycles. The molecule has 4 aromatic rings. The third kappa shape index (κ3) is 8.83. The fourth-order valence-corrected chi connectivity index (χ4v) is 7.33. The molecule has 2 aliphatic rings. The van der Waals surface area contributed by atoms with E-state index < -0.39 is 58.5 Å². The lowest BCUT2D eigenvalue weighted by Crippen LogP contribution is -2.28. The molecule has 0 aromatic heterocycles. The number of carbonyl (C=O) groups is 2. The van der Waals surface area contributed by atoms with Crippen LogP contribution >= 0.6 is 35.0 Å². The van der Waals surface area contributed by atoms with E-state index in [1.807, 2.05) is 24.3 Å². The van der Waals surface area contributed by atoms with Crippen LogP contribution in [0.5, 0.6) is 0 Å². The molecule has 0 fully saturated rings. The topological polar surface area (TPSA) is 242 Å². The first kappa shape index (κ1) is 38.3. The fourth-order valence-electron chi connectivity index (χ4n) is 4.87. The quantitative estimate of drug-likeness (QED) is 0.0339. The van der Waals surface area contributed by atoms with Gasteiger partial charge >= 0.3 is 0 Å². The number of nitrogens with one attached hydrogen (secondary N) is 2. The molecule has 54 heavy (non-hydrogen) atoms. The molecule has 4 aromatic carbocycles. The molecule has 0 bridgehead atoms. The van der Waals surface area contributed by atoms with E-state index in [0.29, 0.717) is 11.4 Å². The summed E-state index contributed by atoms with van der Waals surface area (Å²) >= 11 is 13.5. The molecule has 0 spiro atoms. The van der Waals surface area contributed by atoms with E-state index >= 15 is 0 Å². The predicted octanol–water partition coefficient (Wildman–Crippen LogP) is 7.75. The van der Waals surface area contributed by atoms with Crippen LogP contribution in [0.1, 0.15) is 15.9 Å². The van der Waals surface area contributed by atoms with Gasteiger partial charge in [0.1, 0.15) is 21.2 Å². The molecule has 0 aliphatic heterocycles. The van der Waals surface area contributed by atoms with Crippen LogP contribution in [-0.4, -0.2) is 48.9 Å². The summed E-state index contributed by atoms with van der Waals surface area (Å²) in [7, 11) is -10.2. The Morgan fingerprint density at radius 1 is 0.722 bits per heavy atom. The monoisotopic (exact) mass is 823 g/mol. The molecule has 0 radical (unpaired) electrons. The highest BCUT2D eigenvalue weighted by Crippen LogP contribution is 2.41. The van der Waals surface area contributed by atoms with Gasteiger partial charge in [-0.3, -0.25) is 29.5 Å². The second kappa shape index (κ2) is 15.5. The number of rotatable bonds is 10. The minimum Gasteiger partial charge on any atom is -0.396 e. The van der Waals surface area contributed by atoms with E-state index in [1.165, 1.54) is 42.1 Å². The van der Waals surface area contributed by atoms with Gasteiger partial charge in [-0.1, -0.05) is 35.0 Å². The average molecular weight is 825 g/mol. The number of carbonyl (C=O) groups excluding carboxylic acids is 2. The number of hydrogen-bond donors (Lipinski definition) is 5. The second-order valence-electron chi connectivity index (χ2n) is 11.1. The van der Waals surface area contributed by atoms with Gasteiger partial charge in [0.05, 0.1) is 33.4 Å². The fraction of sp³-hybridized carbons (Fsp3) is 0. The molecule has 15 nitrogen and oxygen atoms in total. The maximum Gasteiger partial charge on any atom is 0.296 e. The van der Waals surface area contributed by atoms with Crippen LogP contribution in [-0.2, 0) is 25.0 Å². The van der Waals surface area contributed by atoms with Gasteiger partial charge in [0.15, 0.2) is 11.5 Å². The third-order valence-electron chi connectivity index (χ3n) is 7.41. The van der Waals surface area contributed by atoms with Gasteiger partial charge < -0.3 is 5.73 Å². The van der Waals surface area contributed by atoms with Crippen LogP contribution in [0.25, 0.3) is 6.08 Å². The van der Waals surface area contributed by atoms with E-state index in [0.717, 1.165) is 27.6 Å². The average Bonchev–Trinajstić information content (AvgIpc) is 3.12. The molecule has 0 amide bonds. The highest BCUT2D eigenvalue weighted by molar-refractivity contribution is 7.99. The molecule has 0 saturated carbocycles. The van der Waals surface area contributed by atoms with Crippen LogP contribution in [0, 0.1) is 0 Å². The lowest BCUT2D eigenvalue weighted by atomic mass is 9.92. The van der Waals surface area contributed by atoms with Gasteiger partial charge in [0, 0.05) is 14.8 Å². The summed E-state index contributed by atoms with van der Waals surface area (Å²) in [5.74, 6) is -1.23. The van der Waals surface area contributed by atoms with Gasteiger partial charge in [-0.2, -0.15) is 27.0 Å². The van der Waals surface area contributed by atoms with Crippen molar-refractivity contribution in [1.82, 2.24) is 0 Å². The SMILES string of the molecule is Nc1c(N=Nc2cc(Cl)ccc2Cl)c(S(=O)(=O)O)cc2c1C(=O)C(=NNc1ccc(Sc3ccc(NN=C4C=CC(=O)C=C4)cc3)cc1)C(S(=O)(=O)O)=C2. The molecule has 20 heteroatoms. The van der Waals surface area contributed by atoms with Gasteiger partial charge in [-0.25, -0.2) is 0 Å². The van der Waals surface area contributed by atoms with Crippen molar-refractivity contribution in [2.24, 2.45) is 20.4 Å². The van der Waals surface area contributed by atoms with E-state index in [4.69, 9.17) is 28.9 Å². The number of Topliss-reactive ketones (excluding diaryl/α,β-unsaturated/α-hetero) is 1. The van der Waals surface area contributed by atoms with Gasteiger partial charge in [-0.15, -0.1) is 10.2 Å². The van der Waals surface area contributed by atoms with Gasteiger partial charge in [-0.05, 0) is 109 Å². The van der Waals surface area contributed by atoms with Crippen molar-refractivity contribution in [3.63, 3.8) is 0 Å². The lowest BCUT2D eigenvalue weighted by Gasteiger charge is -2.20. The summed E-state index contributed by atoms with van der Waals surface area (Å²) in [5.41, 5.74) is 10.6. The number of nitrogens with zero attached hydrogens (tertiary/aromatic N) is 4. The molecule has 2 aliphatic carbocycles. The van der Waals surface area contributed by atoms with E-state index in [-0.39, 0.29) is 27.1 Å². The molecule has 0 atom stereocenters. The Morgan fingerprint density at radius 3 is 1.89 bits per heavy atom. The van der Waals surface area contributed by atoms with Gasteiger partial charge in [0.2, 0.25) is 5.78 Å². The Labute approximate surface area is 321 Å². The summed E-state index contributed by atoms with van der Waals surface area (Å²) in [4.78, 5) is 24.9. The van der Waals surface area contributed by atoms with Crippen LogP contribution in [0.3, 0.4) is 0 Å². The van der Waals surface area contributed by atoms with Crippen molar-refractivity contribution < 1.29 is 35.5 Å². The standard InChI is InChI=1S/C34H23Cl2N7O8S3/c35-19-1-14-26(36)27(17-19)41-42-32-28(53(46,47)48)15-18-16-29(54(49,50)51)33(34(45)30(18)31(32)37)43-40-22-6-12-25(13-7-22)52-24-10-4-21(5-11-24)39-38-20-2-8-23(44)9-3-20/h1-17,39-40H,37H2,(H,46,47,48)(H,49,50,51). The number of allylic oxidation sites excluding steroid dienone is 5. The lowest BCUT2D eigenvalue weighted by molar-refractivity contribution is -0.110. The minimum atomic E-state index is -5.12. The number of benzene rings is 4. The molecule has 0 unspecified atom stereocenters. The zero-order valence-corrected chi connectivity index (χ0v) is 31.0. The number of hydrogen-bond acceptors (Lipinski definition) is 14. The van der Waals surface area contributed by atoms with Crippen LogP contribution in [0.15, 0.2) is 137 Å². The summed E-state index contributed by atoms with van der Waals surface area (Å²) in [6, 6.07) is 19.1. The summed E-state index contributed by atoms with van der Waals surface area (Å²) in [5, 5.41) is 16.2. The predicted molar refractivity (Wildman–Crippen MR) is 208 cm³/mol. The first-order valence-electron chi connectivity index (χ1n) is 15.1. The van der Waals surface area contributed by atoms with Crippen LogP contribution in [0.2, 0.25) is 10.0 Å². The first-order valence-corrected chi connectivity index (χ1v) is 19.5. The maximum atomic E-state index is 13.8. The highest BCUT2D eigenvalue weighted by atomic mass is 35.5. The van der Waals surface area contributed by atoms with Crippen LogP contribution < -0.4 is 16.6 Å². The van der Waals surface area contributed by atoms with Crippen LogP contribution in [0.4, 0.5) is 28.4 Å². The van der Waals surface area contributed by atoms with E-state index in [2.05, 4.69) is 31.3 Å². The number of anilines is 3. The summed E-state index contributed by atoms with van der Waals surface area (Å²) < 4.78 is 69.5. The molecule has 6 N–H and O–H groups in total. The van der Waals surface area contributed by atoms with Crippen molar-refractivity contribution in [3.05, 3.63) is 123 Å². The zero-order chi connectivity index (χ0) is 38.8. The Hall–Kier alpha value is -5.47. The molecule has 0 saturated heterocycles. The maximum absolute atomic E-state index is 13.8. The number of nitrogen functional groups attached to an aromatic ring is 1. The van der Waals surface area contributed by atoms with Crippen molar-refractivity contribution >= 4 is 113 Å². The number of azo groups is 1. The highest BCUT2D eigenvalue weighted by Gasteiger charge is 2.37. The Balaban J connectivity index is 1.24. The largest absolute Gasteiger partial charge is 0.396 e. The number of fused-ring (bicyclic) bond motifs is 1. The first-order chi connectivity index (χ1) is 25.6. The molecular formula is C34H23Cl2N7O8S3. The smallest absolute Gasteiger partial charge is 0.296 e. The Morgan fingerprint density at radius 2 is 1.31 bits per heavy atom. The Bertz CT molecular complexity index is 2620. The van der Waals surface area contributed by atoms with Crippen molar-refractivity contribution in [1.29, 1.82) is 0 Å². The van der Waals surface area contributed by atoms with E-state index in [1.54, 1.807) is 36.4 Å². The van der Waals surface area contributed by atoms with Crippen molar-refractivity contribution in [2.75, 3.05) is 16.6 Å². The second-order valence-corrected chi connectivity index (χ2v) is 15.9. The van der Waals surface area contributed by atoms with Gasteiger partial charge in [0.25, 0.3) is 20.2 Å². The number of halogens is 2. The normalized spacial score (nSPS) is 15.1. The zero-order valence-electron chi connectivity index (χ0n) is 27.0. The van der Waals surface area contributed by atoms with E-state index in [9.17, 15) is 35.5 Å². The minimum absolute atomic E-state index is 0.00134. The molecule has 274 valence electrons. The number of ketones is 2. The number of nitrogens with two attached hydrogens (primary N) is 1. The van der Waals surface area contributed by atoms with Crippen molar-refractivity contribution in [2.45, 2.75) is 14.7 Å². The third-order valence-corrected chi connectivity index (χ3v) is 10.7. The summed E-state index contributed by atoms with van der Waals surface area (Å²) in [6.07, 6.45) is 6.83. The van der Waals surface area contributed by atoms with Crippen molar-refractivity contribution in [3.8, 4) is 0 Å².